The van der Waals surface area contributed by atoms with E-state index in [9.17, 15) is 4.79 Å². The van der Waals surface area contributed by atoms with Crippen LogP contribution in [0.5, 0.6) is 0 Å². The predicted molar refractivity (Wildman–Crippen MR) is 102 cm³/mol. The molecule has 2 aromatic carbocycles. The van der Waals surface area contributed by atoms with Gasteiger partial charge in [-0.3, -0.25) is 9.78 Å². The third kappa shape index (κ3) is 4.05. The molecule has 1 aromatic heterocycles. The molecule has 0 bridgehead atoms. The van der Waals surface area contributed by atoms with Crippen molar-refractivity contribution in [2.45, 2.75) is 13.3 Å². The molecule has 128 valence electrons. The van der Waals surface area contributed by atoms with Gasteiger partial charge in [0.1, 0.15) is 0 Å². The van der Waals surface area contributed by atoms with Gasteiger partial charge in [0.15, 0.2) is 0 Å². The van der Waals surface area contributed by atoms with Crippen molar-refractivity contribution in [1.82, 2.24) is 4.98 Å². The van der Waals surface area contributed by atoms with Crippen LogP contribution in [0.1, 0.15) is 28.4 Å². The third-order valence-corrected chi connectivity index (χ3v) is 3.93. The van der Waals surface area contributed by atoms with Crippen molar-refractivity contribution in [1.29, 1.82) is 5.26 Å². The summed E-state index contributed by atoms with van der Waals surface area (Å²) in [7, 11) is 0. The lowest BCUT2D eigenvalue weighted by Gasteiger charge is -2.11. The number of carbonyl (C=O) groups excluding carboxylic acids is 1. The Hall–Kier alpha value is -3.65. The number of aryl methyl sites for hydroxylation is 1. The predicted octanol–water partition coefficient (Wildman–Crippen LogP) is 4.51. The molecule has 5 heteroatoms. The summed E-state index contributed by atoms with van der Waals surface area (Å²) >= 11 is 0. The van der Waals surface area contributed by atoms with Crippen LogP contribution in [0.4, 0.5) is 17.1 Å². The van der Waals surface area contributed by atoms with Crippen LogP contribution in [0.25, 0.3) is 0 Å². The summed E-state index contributed by atoms with van der Waals surface area (Å²) in [4.78, 5) is 16.7. The van der Waals surface area contributed by atoms with E-state index in [1.807, 2.05) is 37.3 Å². The molecule has 5 nitrogen and oxygen atoms in total. The Morgan fingerprint density at radius 2 is 1.92 bits per heavy atom. The van der Waals surface area contributed by atoms with Crippen LogP contribution in [0.15, 0.2) is 67.0 Å². The number of nitriles is 1. The van der Waals surface area contributed by atoms with Crippen LogP contribution < -0.4 is 10.6 Å². The van der Waals surface area contributed by atoms with Crippen molar-refractivity contribution in [3.63, 3.8) is 0 Å². The zero-order valence-electron chi connectivity index (χ0n) is 14.4. The Labute approximate surface area is 152 Å². The van der Waals surface area contributed by atoms with E-state index in [0.29, 0.717) is 16.8 Å². The monoisotopic (exact) mass is 342 g/mol. The second-order valence-electron chi connectivity index (χ2n) is 5.74. The van der Waals surface area contributed by atoms with E-state index in [2.05, 4.69) is 21.7 Å². The van der Waals surface area contributed by atoms with Crippen molar-refractivity contribution in [2.24, 2.45) is 0 Å². The Morgan fingerprint density at radius 1 is 1.08 bits per heavy atom. The van der Waals surface area contributed by atoms with Crippen molar-refractivity contribution >= 4 is 23.0 Å². The quantitative estimate of drug-likeness (QED) is 0.715. The molecule has 0 saturated heterocycles. The van der Waals surface area contributed by atoms with Crippen molar-refractivity contribution in [2.75, 3.05) is 10.6 Å². The van der Waals surface area contributed by atoms with Crippen molar-refractivity contribution in [3.05, 3.63) is 83.7 Å². The first-order valence-electron chi connectivity index (χ1n) is 8.31. The number of benzene rings is 2. The molecule has 2 N–H and O–H groups in total. The number of pyridine rings is 1. The normalized spacial score (nSPS) is 10.0. The van der Waals surface area contributed by atoms with Gasteiger partial charge in [-0.05, 0) is 42.3 Å². The number of aromatic nitrogens is 1. The number of anilines is 3. The fourth-order valence-corrected chi connectivity index (χ4v) is 2.61. The maximum Gasteiger partial charge on any atom is 0.257 e. The van der Waals surface area contributed by atoms with Crippen LogP contribution in [0.3, 0.4) is 0 Å². The van der Waals surface area contributed by atoms with Gasteiger partial charge in [0.2, 0.25) is 0 Å². The first-order chi connectivity index (χ1) is 12.7. The summed E-state index contributed by atoms with van der Waals surface area (Å²) < 4.78 is 0. The van der Waals surface area contributed by atoms with Crippen molar-refractivity contribution < 1.29 is 4.79 Å². The number of nitrogens with one attached hydrogen (secondary N) is 2. The first kappa shape index (κ1) is 17.2. The highest BCUT2D eigenvalue weighted by atomic mass is 16.1. The van der Waals surface area contributed by atoms with E-state index in [1.54, 1.807) is 30.5 Å². The number of rotatable bonds is 5. The number of hydrogen-bond acceptors (Lipinski definition) is 4. The average molecular weight is 342 g/mol. The van der Waals surface area contributed by atoms with Gasteiger partial charge in [0.25, 0.3) is 5.91 Å². The molecule has 26 heavy (non-hydrogen) atoms. The second-order valence-corrected chi connectivity index (χ2v) is 5.74. The molecule has 3 rings (SSSR count). The number of carbonyl (C=O) groups is 1. The number of amides is 1. The largest absolute Gasteiger partial charge is 0.354 e. The Bertz CT molecular complexity index is 975. The maximum atomic E-state index is 12.6. The summed E-state index contributed by atoms with van der Waals surface area (Å²) in [5.41, 5.74) is 4.35. The highest BCUT2D eigenvalue weighted by molar-refractivity contribution is 6.05. The second kappa shape index (κ2) is 7.95. The summed E-state index contributed by atoms with van der Waals surface area (Å²) in [5.74, 6) is -0.215. The topological polar surface area (TPSA) is 77.8 Å². The van der Waals surface area contributed by atoms with Gasteiger partial charge < -0.3 is 10.6 Å². The smallest absolute Gasteiger partial charge is 0.257 e. The van der Waals surface area contributed by atoms with Crippen LogP contribution in [0, 0.1) is 11.3 Å². The molecule has 0 aliphatic rings. The van der Waals surface area contributed by atoms with Gasteiger partial charge >= 0.3 is 0 Å². The lowest BCUT2D eigenvalue weighted by atomic mass is 10.1. The Morgan fingerprint density at radius 3 is 2.73 bits per heavy atom. The van der Waals surface area contributed by atoms with Gasteiger partial charge in [0.05, 0.1) is 29.1 Å². The van der Waals surface area contributed by atoms with Crippen LogP contribution in [-0.4, -0.2) is 10.9 Å². The van der Waals surface area contributed by atoms with E-state index < -0.39 is 0 Å². The average Bonchev–Trinajstić information content (AvgIpc) is 2.68. The zero-order valence-corrected chi connectivity index (χ0v) is 14.4. The summed E-state index contributed by atoms with van der Waals surface area (Å²) in [6.45, 7) is 2.05. The van der Waals surface area contributed by atoms with E-state index in [1.165, 1.54) is 6.20 Å². The molecule has 0 atom stereocenters. The maximum absolute atomic E-state index is 12.6. The fourth-order valence-electron chi connectivity index (χ4n) is 2.61. The molecule has 0 aliphatic heterocycles. The number of para-hydroxylation sites is 1. The standard InChI is InChI=1S/C21H18N4O/c1-2-16-7-3-4-9-20(16)25-21(26)17-11-19(14-23-13-17)24-18-8-5-6-15(10-18)12-22/h3-11,13-14,24H,2H2,1H3,(H,25,26). The summed E-state index contributed by atoms with van der Waals surface area (Å²) in [5, 5.41) is 15.1. The Balaban J connectivity index is 1.78. The van der Waals surface area contributed by atoms with Crippen LogP contribution >= 0.6 is 0 Å². The van der Waals surface area contributed by atoms with Gasteiger partial charge in [-0.1, -0.05) is 31.2 Å². The first-order valence-corrected chi connectivity index (χ1v) is 8.31. The molecule has 0 radical (unpaired) electrons. The highest BCUT2D eigenvalue weighted by Crippen LogP contribution is 2.20. The van der Waals surface area contributed by atoms with E-state index >= 15 is 0 Å². The molecular weight excluding hydrogens is 324 g/mol. The molecule has 0 spiro atoms. The number of hydrogen-bond donors (Lipinski definition) is 2. The number of nitrogens with zero attached hydrogens (tertiary/aromatic N) is 2. The van der Waals surface area contributed by atoms with E-state index in [-0.39, 0.29) is 5.91 Å². The van der Waals surface area contributed by atoms with Crippen LogP contribution in [-0.2, 0) is 6.42 Å². The minimum Gasteiger partial charge on any atom is -0.354 e. The molecule has 0 fully saturated rings. The summed E-state index contributed by atoms with van der Waals surface area (Å²) in [6.07, 6.45) is 4.00. The van der Waals surface area contributed by atoms with Gasteiger partial charge in [0, 0.05) is 17.6 Å². The molecule has 0 aliphatic carbocycles. The molecule has 0 unspecified atom stereocenters. The van der Waals surface area contributed by atoms with Crippen molar-refractivity contribution in [3.8, 4) is 6.07 Å². The van der Waals surface area contributed by atoms with E-state index in [0.717, 1.165) is 23.4 Å². The Kier molecular flexibility index (Phi) is 5.25. The summed E-state index contributed by atoms with van der Waals surface area (Å²) in [6, 6.07) is 18.7. The molecule has 0 saturated carbocycles. The highest BCUT2D eigenvalue weighted by Gasteiger charge is 2.10. The van der Waals surface area contributed by atoms with Gasteiger partial charge in [-0.15, -0.1) is 0 Å². The van der Waals surface area contributed by atoms with Crippen LogP contribution in [0.2, 0.25) is 0 Å². The van der Waals surface area contributed by atoms with Gasteiger partial charge in [-0.2, -0.15) is 5.26 Å². The zero-order chi connectivity index (χ0) is 18.4. The SMILES string of the molecule is CCc1ccccc1NC(=O)c1cncc(Nc2cccc(C#N)c2)c1. The van der Waals surface area contributed by atoms with Gasteiger partial charge in [-0.25, -0.2) is 0 Å². The molecule has 3 aromatic rings. The lowest BCUT2D eigenvalue weighted by Crippen LogP contribution is -2.13. The minimum atomic E-state index is -0.215. The fraction of sp³-hybridized carbons (Fsp3) is 0.0952. The third-order valence-electron chi connectivity index (χ3n) is 3.93. The van der Waals surface area contributed by atoms with E-state index in [4.69, 9.17) is 5.26 Å². The molecule has 1 heterocycles. The molecule has 1 amide bonds. The minimum absolute atomic E-state index is 0.215. The lowest BCUT2D eigenvalue weighted by molar-refractivity contribution is 0.102. The molecular formula is C21H18N4O.